The third kappa shape index (κ3) is 7.69. The van der Waals surface area contributed by atoms with Gasteiger partial charge in [0.15, 0.2) is 0 Å². The van der Waals surface area contributed by atoms with Gasteiger partial charge in [0, 0.05) is 11.1 Å². The molecule has 2 rings (SSSR count). The topological polar surface area (TPSA) is 52.6 Å². The molecule has 4 heteroatoms. The molecule has 0 fully saturated rings. The van der Waals surface area contributed by atoms with Crippen molar-refractivity contribution in [3.8, 4) is 5.75 Å². The van der Waals surface area contributed by atoms with Crippen LogP contribution in [-0.2, 0) is 26.8 Å². The summed E-state index contributed by atoms with van der Waals surface area (Å²) in [6.45, 7) is 21.2. The smallest absolute Gasteiger partial charge is 0.343 e. The molecule has 198 valence electrons. The zero-order valence-corrected chi connectivity index (χ0v) is 24.1. The van der Waals surface area contributed by atoms with Crippen LogP contribution in [0.25, 0.3) is 0 Å². The maximum absolute atomic E-state index is 13.4. The van der Waals surface area contributed by atoms with Crippen LogP contribution in [0.1, 0.15) is 121 Å². The van der Waals surface area contributed by atoms with Gasteiger partial charge in [-0.15, -0.1) is 0 Å². The third-order valence-electron chi connectivity index (χ3n) is 6.37. The highest BCUT2D eigenvalue weighted by atomic mass is 16.5. The molecular weight excluding hydrogens is 448 g/mol. The van der Waals surface area contributed by atoms with E-state index >= 15 is 0 Å². The molecule has 1 atom stereocenters. The summed E-state index contributed by atoms with van der Waals surface area (Å²) in [6, 6.07) is 11.8. The number of carbonyl (C=O) groups excluding carboxylic acids is 2. The van der Waals surface area contributed by atoms with E-state index in [1.54, 1.807) is 0 Å². The number of hydrogen-bond donors (Lipinski definition) is 0. The predicted octanol–water partition coefficient (Wildman–Crippen LogP) is 8.15. The van der Waals surface area contributed by atoms with Crippen molar-refractivity contribution >= 4 is 11.9 Å². The minimum atomic E-state index is -0.525. The van der Waals surface area contributed by atoms with Crippen molar-refractivity contribution in [3.63, 3.8) is 0 Å². The average Bonchev–Trinajstić information content (AvgIpc) is 2.76. The Labute approximate surface area is 218 Å². The molecule has 0 N–H and O–H groups in total. The summed E-state index contributed by atoms with van der Waals surface area (Å²) in [7, 11) is 0. The van der Waals surface area contributed by atoms with E-state index in [1.807, 2.05) is 37.3 Å². The Balaban J connectivity index is 2.75. The molecule has 0 amide bonds. The maximum Gasteiger partial charge on any atom is 0.343 e. The first-order valence-electron chi connectivity index (χ1n) is 13.4. The van der Waals surface area contributed by atoms with Gasteiger partial charge < -0.3 is 9.47 Å². The number of benzene rings is 2. The van der Waals surface area contributed by atoms with E-state index in [-0.39, 0.29) is 22.7 Å². The second-order valence-electron chi connectivity index (χ2n) is 12.2. The first-order chi connectivity index (χ1) is 16.7. The van der Waals surface area contributed by atoms with E-state index in [1.165, 1.54) is 5.56 Å². The predicted molar refractivity (Wildman–Crippen MR) is 148 cm³/mol. The third-order valence-corrected chi connectivity index (χ3v) is 6.37. The van der Waals surface area contributed by atoms with Crippen LogP contribution in [0.4, 0.5) is 0 Å². The Kier molecular flexibility index (Phi) is 9.93. The first kappa shape index (κ1) is 29.6. The van der Waals surface area contributed by atoms with Gasteiger partial charge in [-0.1, -0.05) is 93.0 Å². The van der Waals surface area contributed by atoms with Crippen LogP contribution in [0.15, 0.2) is 36.4 Å². The van der Waals surface area contributed by atoms with Crippen LogP contribution in [0, 0.1) is 5.92 Å². The molecule has 2 aromatic carbocycles. The van der Waals surface area contributed by atoms with Crippen molar-refractivity contribution in [3.05, 3.63) is 64.2 Å². The van der Waals surface area contributed by atoms with Crippen LogP contribution < -0.4 is 4.74 Å². The van der Waals surface area contributed by atoms with Crippen LogP contribution in [0.2, 0.25) is 0 Å². The summed E-state index contributed by atoms with van der Waals surface area (Å²) < 4.78 is 11.7. The fourth-order valence-electron chi connectivity index (χ4n) is 4.33. The molecule has 0 saturated carbocycles. The number of esters is 2. The molecule has 2 aromatic rings. The summed E-state index contributed by atoms with van der Waals surface area (Å²) in [5, 5.41) is 0. The van der Waals surface area contributed by atoms with Gasteiger partial charge in [0.1, 0.15) is 5.75 Å². The lowest BCUT2D eigenvalue weighted by Crippen LogP contribution is -2.25. The number of ether oxygens (including phenoxy) is 2. The van der Waals surface area contributed by atoms with E-state index in [4.69, 9.17) is 9.47 Å². The Morgan fingerprint density at radius 3 is 1.97 bits per heavy atom. The Morgan fingerprint density at radius 1 is 0.889 bits per heavy atom. The highest BCUT2D eigenvalue weighted by Gasteiger charge is 2.34. The second-order valence-corrected chi connectivity index (χ2v) is 12.2. The minimum absolute atomic E-state index is 0.149. The number of carbonyl (C=O) groups is 2. The second kappa shape index (κ2) is 12.1. The summed E-state index contributed by atoms with van der Waals surface area (Å²) in [5.41, 5.74) is 3.98. The lowest BCUT2D eigenvalue weighted by molar-refractivity contribution is -0.145. The van der Waals surface area contributed by atoms with E-state index in [9.17, 15) is 9.59 Å². The molecule has 0 aliphatic heterocycles. The van der Waals surface area contributed by atoms with Crippen LogP contribution in [0.5, 0.6) is 5.75 Å². The summed E-state index contributed by atoms with van der Waals surface area (Å²) in [6.07, 6.45) is 2.62. The van der Waals surface area contributed by atoms with Crippen LogP contribution >= 0.6 is 0 Å². The monoisotopic (exact) mass is 494 g/mol. The van der Waals surface area contributed by atoms with Gasteiger partial charge in [0.05, 0.1) is 18.1 Å². The Hall–Kier alpha value is -2.62. The SMILES string of the molecule is CCCc1ccc(C(=O)Oc2c(C(CC(C)C)C(=O)OCC)cc(C(C)(C)C)cc2C(C)(C)C)cc1. The quantitative estimate of drug-likeness (QED) is 0.261. The number of aryl methyl sites for hydroxylation is 1. The molecule has 0 heterocycles. The molecule has 0 spiro atoms. The van der Waals surface area contributed by atoms with Gasteiger partial charge in [-0.2, -0.15) is 0 Å². The van der Waals surface area contributed by atoms with Crippen LogP contribution in [-0.4, -0.2) is 18.5 Å². The Morgan fingerprint density at radius 2 is 1.50 bits per heavy atom. The van der Waals surface area contributed by atoms with E-state index in [2.05, 4.69) is 68.4 Å². The standard InChI is InChI=1S/C32H46O4/c1-11-13-22-14-16-23(17-15-22)29(33)36-28-25(26(18-21(3)4)30(34)35-12-2)19-24(31(5,6)7)20-27(28)32(8,9)10/h14-17,19-21,26H,11-13,18H2,1-10H3. The van der Waals surface area contributed by atoms with Crippen molar-refractivity contribution in [2.45, 2.75) is 105 Å². The molecule has 0 aliphatic rings. The first-order valence-corrected chi connectivity index (χ1v) is 13.4. The van der Waals surface area contributed by atoms with E-state index in [0.29, 0.717) is 24.3 Å². The van der Waals surface area contributed by atoms with Crippen molar-refractivity contribution in [1.29, 1.82) is 0 Å². The van der Waals surface area contributed by atoms with Crippen molar-refractivity contribution in [2.24, 2.45) is 5.92 Å². The largest absolute Gasteiger partial charge is 0.466 e. The normalized spacial score (nSPS) is 13.0. The molecule has 0 bridgehead atoms. The Bertz CT molecular complexity index is 1030. The number of hydrogen-bond acceptors (Lipinski definition) is 4. The molecule has 36 heavy (non-hydrogen) atoms. The van der Waals surface area contributed by atoms with Crippen molar-refractivity contribution in [1.82, 2.24) is 0 Å². The van der Waals surface area contributed by atoms with Gasteiger partial charge >= 0.3 is 11.9 Å². The van der Waals surface area contributed by atoms with Gasteiger partial charge in [-0.25, -0.2) is 4.79 Å². The van der Waals surface area contributed by atoms with Gasteiger partial charge in [0.25, 0.3) is 0 Å². The lowest BCUT2D eigenvalue weighted by Gasteiger charge is -2.31. The van der Waals surface area contributed by atoms with E-state index < -0.39 is 11.9 Å². The molecule has 1 unspecified atom stereocenters. The van der Waals surface area contributed by atoms with E-state index in [0.717, 1.165) is 29.5 Å². The fourth-order valence-corrected chi connectivity index (χ4v) is 4.33. The minimum Gasteiger partial charge on any atom is -0.466 e. The lowest BCUT2D eigenvalue weighted by atomic mass is 9.76. The average molecular weight is 495 g/mol. The van der Waals surface area contributed by atoms with Crippen molar-refractivity contribution in [2.75, 3.05) is 6.61 Å². The highest BCUT2D eigenvalue weighted by Crippen LogP contribution is 2.43. The van der Waals surface area contributed by atoms with Gasteiger partial charge in [0.2, 0.25) is 0 Å². The number of rotatable bonds is 9. The summed E-state index contributed by atoms with van der Waals surface area (Å²) >= 11 is 0. The zero-order chi connectivity index (χ0) is 27.3. The maximum atomic E-state index is 13.4. The summed E-state index contributed by atoms with van der Waals surface area (Å²) in [4.78, 5) is 26.6. The van der Waals surface area contributed by atoms with Gasteiger partial charge in [-0.05, 0) is 59.8 Å². The molecule has 0 aliphatic carbocycles. The summed E-state index contributed by atoms with van der Waals surface area (Å²) in [5.74, 6) is -0.482. The van der Waals surface area contributed by atoms with Crippen LogP contribution in [0.3, 0.4) is 0 Å². The molecular formula is C32H46O4. The fraction of sp³-hybridized carbons (Fsp3) is 0.562. The molecule has 0 aromatic heterocycles. The van der Waals surface area contributed by atoms with Crippen molar-refractivity contribution < 1.29 is 19.1 Å². The molecule has 4 nitrogen and oxygen atoms in total. The molecule has 0 radical (unpaired) electrons. The zero-order valence-electron chi connectivity index (χ0n) is 24.1. The van der Waals surface area contributed by atoms with Gasteiger partial charge in [-0.3, -0.25) is 4.79 Å². The highest BCUT2D eigenvalue weighted by molar-refractivity contribution is 5.92. The molecule has 0 saturated heterocycles.